The second-order valence-corrected chi connectivity index (χ2v) is 4.65. The van der Waals surface area contributed by atoms with Crippen molar-refractivity contribution in [3.05, 3.63) is 76.9 Å². The van der Waals surface area contributed by atoms with Crippen LogP contribution in [0.3, 0.4) is 0 Å². The monoisotopic (exact) mass is 267 g/mol. The third kappa shape index (κ3) is 2.23. The molecule has 0 saturated heterocycles. The summed E-state index contributed by atoms with van der Waals surface area (Å²) in [6.07, 6.45) is 1.72. The molecule has 0 bridgehead atoms. The van der Waals surface area contributed by atoms with Crippen LogP contribution in [-0.4, -0.2) is 10.8 Å². The average Bonchev–Trinajstić information content (AvgIpc) is 2.47. The number of pyridine rings is 1. The number of nitrogens with zero attached hydrogens (tertiary/aromatic N) is 1. The van der Waals surface area contributed by atoms with Crippen LogP contribution in [0.2, 0.25) is 5.02 Å². The summed E-state index contributed by atoms with van der Waals surface area (Å²) in [6.45, 7) is 0. The Kier molecular flexibility index (Phi) is 3.02. The second-order valence-electron chi connectivity index (χ2n) is 4.21. The van der Waals surface area contributed by atoms with Crippen molar-refractivity contribution in [2.24, 2.45) is 0 Å². The SMILES string of the molecule is O=C(c1ccc(Cl)cc1)c1cccc2ncccc12. The molecule has 19 heavy (non-hydrogen) atoms. The normalized spacial score (nSPS) is 10.6. The topological polar surface area (TPSA) is 30.0 Å². The van der Waals surface area contributed by atoms with E-state index in [1.165, 1.54) is 0 Å². The van der Waals surface area contributed by atoms with Crippen molar-refractivity contribution in [1.82, 2.24) is 4.98 Å². The lowest BCUT2D eigenvalue weighted by atomic mass is 9.99. The standard InChI is InChI=1S/C16H10ClNO/c17-12-8-6-11(7-9-12)16(19)14-3-1-5-15-13(14)4-2-10-18-15/h1-10H. The highest BCUT2D eigenvalue weighted by Gasteiger charge is 2.12. The lowest BCUT2D eigenvalue weighted by Crippen LogP contribution is -2.02. The van der Waals surface area contributed by atoms with Crippen LogP contribution in [0.1, 0.15) is 15.9 Å². The van der Waals surface area contributed by atoms with Crippen LogP contribution in [0.4, 0.5) is 0 Å². The Morgan fingerprint density at radius 3 is 2.53 bits per heavy atom. The number of hydrogen-bond acceptors (Lipinski definition) is 2. The smallest absolute Gasteiger partial charge is 0.193 e. The van der Waals surface area contributed by atoms with E-state index in [0.717, 1.165) is 10.9 Å². The summed E-state index contributed by atoms with van der Waals surface area (Å²) < 4.78 is 0. The van der Waals surface area contributed by atoms with Gasteiger partial charge in [0.1, 0.15) is 0 Å². The minimum Gasteiger partial charge on any atom is -0.289 e. The molecule has 0 radical (unpaired) electrons. The van der Waals surface area contributed by atoms with Crippen molar-refractivity contribution in [3.63, 3.8) is 0 Å². The van der Waals surface area contributed by atoms with E-state index >= 15 is 0 Å². The molecule has 0 unspecified atom stereocenters. The van der Waals surface area contributed by atoms with Gasteiger partial charge >= 0.3 is 0 Å². The molecule has 1 aromatic heterocycles. The highest BCUT2D eigenvalue weighted by atomic mass is 35.5. The van der Waals surface area contributed by atoms with Gasteiger partial charge in [0.05, 0.1) is 5.52 Å². The van der Waals surface area contributed by atoms with Gasteiger partial charge in [0.25, 0.3) is 0 Å². The van der Waals surface area contributed by atoms with Gasteiger partial charge in [-0.15, -0.1) is 0 Å². The Morgan fingerprint density at radius 1 is 0.947 bits per heavy atom. The maximum Gasteiger partial charge on any atom is 0.193 e. The molecule has 2 nitrogen and oxygen atoms in total. The Bertz CT molecular complexity index is 745. The van der Waals surface area contributed by atoms with E-state index in [9.17, 15) is 4.79 Å². The molecular formula is C16H10ClNO. The molecule has 0 aliphatic carbocycles. The summed E-state index contributed by atoms with van der Waals surface area (Å²) >= 11 is 5.84. The van der Waals surface area contributed by atoms with Crippen molar-refractivity contribution in [2.45, 2.75) is 0 Å². The summed E-state index contributed by atoms with van der Waals surface area (Å²) in [6, 6.07) is 16.2. The molecule has 1 heterocycles. The number of carbonyl (C=O) groups is 1. The number of aromatic nitrogens is 1. The number of halogens is 1. The highest BCUT2D eigenvalue weighted by Crippen LogP contribution is 2.20. The van der Waals surface area contributed by atoms with Gasteiger partial charge in [-0.25, -0.2) is 0 Å². The second kappa shape index (κ2) is 4.82. The Labute approximate surface area is 115 Å². The molecule has 0 aliphatic heterocycles. The third-order valence-electron chi connectivity index (χ3n) is 3.00. The van der Waals surface area contributed by atoms with Gasteiger partial charge < -0.3 is 0 Å². The number of ketones is 1. The summed E-state index contributed by atoms with van der Waals surface area (Å²) in [5, 5.41) is 1.49. The number of carbonyl (C=O) groups excluding carboxylic acids is 1. The fourth-order valence-electron chi connectivity index (χ4n) is 2.06. The molecule has 0 saturated carbocycles. The lowest BCUT2D eigenvalue weighted by Gasteiger charge is -2.05. The van der Waals surface area contributed by atoms with Gasteiger partial charge in [-0.1, -0.05) is 29.8 Å². The maximum atomic E-state index is 12.5. The molecule has 0 fully saturated rings. The average molecular weight is 268 g/mol. The van der Waals surface area contributed by atoms with Crippen molar-refractivity contribution in [3.8, 4) is 0 Å². The summed E-state index contributed by atoms with van der Waals surface area (Å²) in [7, 11) is 0. The zero-order chi connectivity index (χ0) is 13.2. The van der Waals surface area contributed by atoms with Crippen LogP contribution in [0.15, 0.2) is 60.8 Å². The summed E-state index contributed by atoms with van der Waals surface area (Å²) in [5.74, 6) is -0.0183. The van der Waals surface area contributed by atoms with Gasteiger partial charge in [-0.2, -0.15) is 0 Å². The largest absolute Gasteiger partial charge is 0.289 e. The Hall–Kier alpha value is -2.19. The number of hydrogen-bond donors (Lipinski definition) is 0. The van der Waals surface area contributed by atoms with E-state index in [4.69, 9.17) is 11.6 Å². The van der Waals surface area contributed by atoms with Crippen molar-refractivity contribution < 1.29 is 4.79 Å². The van der Waals surface area contributed by atoms with Crippen molar-refractivity contribution in [2.75, 3.05) is 0 Å². The van der Waals surface area contributed by atoms with Crippen LogP contribution >= 0.6 is 11.6 Å². The minimum atomic E-state index is -0.0183. The fourth-order valence-corrected chi connectivity index (χ4v) is 2.18. The van der Waals surface area contributed by atoms with E-state index in [-0.39, 0.29) is 5.78 Å². The summed E-state index contributed by atoms with van der Waals surface area (Å²) in [5.41, 5.74) is 2.11. The Morgan fingerprint density at radius 2 is 1.74 bits per heavy atom. The molecule has 0 aliphatic rings. The first kappa shape index (κ1) is 11.9. The first-order chi connectivity index (χ1) is 9.25. The van der Waals surface area contributed by atoms with Gasteiger partial charge in [-0.05, 0) is 36.4 Å². The molecule has 3 heteroatoms. The van der Waals surface area contributed by atoms with Gasteiger partial charge in [-0.3, -0.25) is 9.78 Å². The first-order valence-corrected chi connectivity index (χ1v) is 6.27. The molecule has 3 aromatic rings. The molecule has 0 amide bonds. The fraction of sp³-hybridized carbons (Fsp3) is 0. The van der Waals surface area contributed by atoms with Gasteiger partial charge in [0, 0.05) is 27.7 Å². The van der Waals surface area contributed by atoms with Gasteiger partial charge in [0.15, 0.2) is 5.78 Å². The summed E-state index contributed by atoms with van der Waals surface area (Å²) in [4.78, 5) is 16.8. The molecule has 0 atom stereocenters. The van der Waals surface area contributed by atoms with Crippen molar-refractivity contribution in [1.29, 1.82) is 0 Å². The predicted molar refractivity (Wildman–Crippen MR) is 76.6 cm³/mol. The molecule has 0 N–H and O–H groups in total. The lowest BCUT2D eigenvalue weighted by molar-refractivity contribution is 0.104. The van der Waals surface area contributed by atoms with Crippen LogP contribution < -0.4 is 0 Å². The van der Waals surface area contributed by atoms with E-state index < -0.39 is 0 Å². The zero-order valence-electron chi connectivity index (χ0n) is 10.0. The quantitative estimate of drug-likeness (QED) is 0.654. The maximum absolute atomic E-state index is 12.5. The number of rotatable bonds is 2. The number of benzene rings is 2. The molecular weight excluding hydrogens is 258 g/mol. The minimum absolute atomic E-state index is 0.0183. The molecule has 2 aromatic carbocycles. The van der Waals surface area contributed by atoms with Crippen LogP contribution in [0.5, 0.6) is 0 Å². The molecule has 3 rings (SSSR count). The zero-order valence-corrected chi connectivity index (χ0v) is 10.8. The first-order valence-electron chi connectivity index (χ1n) is 5.90. The predicted octanol–water partition coefficient (Wildman–Crippen LogP) is 4.12. The third-order valence-corrected chi connectivity index (χ3v) is 3.25. The number of fused-ring (bicyclic) bond motifs is 1. The van der Waals surface area contributed by atoms with E-state index in [1.54, 1.807) is 30.5 Å². The highest BCUT2D eigenvalue weighted by molar-refractivity contribution is 6.30. The van der Waals surface area contributed by atoms with Crippen molar-refractivity contribution >= 4 is 28.3 Å². The van der Waals surface area contributed by atoms with E-state index in [0.29, 0.717) is 16.1 Å². The van der Waals surface area contributed by atoms with Crippen LogP contribution in [0.25, 0.3) is 10.9 Å². The molecule has 0 spiro atoms. The van der Waals surface area contributed by atoms with Gasteiger partial charge in [0.2, 0.25) is 0 Å². The van der Waals surface area contributed by atoms with E-state index in [1.807, 2.05) is 30.3 Å². The van der Waals surface area contributed by atoms with E-state index in [2.05, 4.69) is 4.98 Å². The molecule has 92 valence electrons. The van der Waals surface area contributed by atoms with Crippen LogP contribution in [-0.2, 0) is 0 Å². The Balaban J connectivity index is 2.14. The van der Waals surface area contributed by atoms with Crippen LogP contribution in [0, 0.1) is 0 Å².